The number of unbranched alkanes of at least 4 members (excludes halogenated alkanes) is 5. The highest BCUT2D eigenvalue weighted by atomic mass is 16.3. The lowest BCUT2D eigenvalue weighted by molar-refractivity contribution is 0.00720. The van der Waals surface area contributed by atoms with Gasteiger partial charge in [0.2, 0.25) is 0 Å². The molecule has 0 fully saturated rings. The molecule has 15 heavy (non-hydrogen) atoms. The van der Waals surface area contributed by atoms with Crippen LogP contribution >= 0.6 is 0 Å². The van der Waals surface area contributed by atoms with E-state index in [1.807, 2.05) is 0 Å². The Morgan fingerprint density at radius 1 is 0.667 bits per heavy atom. The van der Waals surface area contributed by atoms with Gasteiger partial charge in [0.1, 0.15) is 0 Å². The van der Waals surface area contributed by atoms with Gasteiger partial charge in [-0.05, 0) is 12.8 Å². The molecule has 0 aliphatic heterocycles. The van der Waals surface area contributed by atoms with Crippen LogP contribution in [-0.4, -0.2) is 22.4 Å². The van der Waals surface area contributed by atoms with Crippen molar-refractivity contribution in [3.8, 4) is 0 Å². The van der Waals surface area contributed by atoms with Gasteiger partial charge < -0.3 is 10.2 Å². The summed E-state index contributed by atoms with van der Waals surface area (Å²) in [6.07, 6.45) is 8.53. The summed E-state index contributed by atoms with van der Waals surface area (Å²) in [6, 6.07) is 0. The average Bonchev–Trinajstić information content (AvgIpc) is 2.24. The molecule has 2 atom stereocenters. The molecule has 0 aliphatic rings. The third-order valence-corrected chi connectivity index (χ3v) is 2.90. The zero-order chi connectivity index (χ0) is 11.5. The predicted octanol–water partition coefficient (Wildman–Crippen LogP) is 3.26. The maximum absolute atomic E-state index is 9.67. The molecule has 0 aromatic carbocycles. The second-order valence-corrected chi connectivity index (χ2v) is 4.48. The first kappa shape index (κ1) is 14.9. The van der Waals surface area contributed by atoms with Crippen LogP contribution in [0.1, 0.15) is 71.6 Å². The van der Waals surface area contributed by atoms with E-state index in [-0.39, 0.29) is 0 Å². The van der Waals surface area contributed by atoms with Crippen LogP contribution in [0.2, 0.25) is 0 Å². The molecule has 0 saturated carbocycles. The smallest absolute Gasteiger partial charge is 0.0799 e. The summed E-state index contributed by atoms with van der Waals surface area (Å²) in [5.74, 6) is 0. The normalized spacial score (nSPS) is 15.2. The number of aliphatic hydroxyl groups is 2. The second-order valence-electron chi connectivity index (χ2n) is 4.48. The van der Waals surface area contributed by atoms with Gasteiger partial charge in [0.05, 0.1) is 12.2 Å². The zero-order valence-electron chi connectivity index (χ0n) is 10.4. The van der Waals surface area contributed by atoms with E-state index in [0.717, 1.165) is 32.1 Å². The van der Waals surface area contributed by atoms with Crippen LogP contribution in [0.4, 0.5) is 0 Å². The van der Waals surface area contributed by atoms with Crippen LogP contribution in [0.3, 0.4) is 0 Å². The topological polar surface area (TPSA) is 40.5 Å². The molecule has 92 valence electrons. The molecule has 2 nitrogen and oxygen atoms in total. The van der Waals surface area contributed by atoms with E-state index >= 15 is 0 Å². The lowest BCUT2D eigenvalue weighted by Crippen LogP contribution is -2.25. The lowest BCUT2D eigenvalue weighted by Gasteiger charge is -2.17. The monoisotopic (exact) mass is 216 g/mol. The van der Waals surface area contributed by atoms with Crippen molar-refractivity contribution >= 4 is 0 Å². The predicted molar refractivity (Wildman–Crippen MR) is 64.9 cm³/mol. The first-order chi connectivity index (χ1) is 7.22. The minimum atomic E-state index is -0.502. The van der Waals surface area contributed by atoms with Crippen molar-refractivity contribution < 1.29 is 10.2 Å². The molecule has 0 aromatic rings. The van der Waals surface area contributed by atoms with Gasteiger partial charge in [0.25, 0.3) is 0 Å². The van der Waals surface area contributed by atoms with Crippen molar-refractivity contribution in [2.75, 3.05) is 0 Å². The van der Waals surface area contributed by atoms with Crippen molar-refractivity contribution in [2.45, 2.75) is 83.8 Å². The molecule has 2 N–H and O–H groups in total. The Hall–Kier alpha value is -0.0800. The minimum absolute atomic E-state index is 0.501. The molecule has 0 saturated heterocycles. The van der Waals surface area contributed by atoms with E-state index in [2.05, 4.69) is 13.8 Å². The standard InChI is InChI=1S/C13H28O2/c1-3-5-7-9-11-13(15)12(14)10-8-6-4-2/h12-15H,3-11H2,1-2H3. The molecule has 0 aromatic heterocycles. The molecule has 0 spiro atoms. The molecule has 0 rings (SSSR count). The fourth-order valence-electron chi connectivity index (χ4n) is 1.77. The van der Waals surface area contributed by atoms with Gasteiger partial charge in [0, 0.05) is 0 Å². The number of hydrogen-bond donors (Lipinski definition) is 2. The van der Waals surface area contributed by atoms with E-state index in [0.29, 0.717) is 0 Å². The Kier molecular flexibility index (Phi) is 10.4. The van der Waals surface area contributed by atoms with Gasteiger partial charge in [-0.1, -0.05) is 58.8 Å². The van der Waals surface area contributed by atoms with Gasteiger partial charge in [-0.25, -0.2) is 0 Å². The maximum atomic E-state index is 9.67. The summed E-state index contributed by atoms with van der Waals surface area (Å²) < 4.78 is 0. The van der Waals surface area contributed by atoms with Crippen molar-refractivity contribution in [1.82, 2.24) is 0 Å². The molecule has 0 aliphatic carbocycles. The average molecular weight is 216 g/mol. The molecular formula is C13H28O2. The van der Waals surface area contributed by atoms with Gasteiger partial charge in [-0.2, -0.15) is 0 Å². The van der Waals surface area contributed by atoms with Crippen LogP contribution in [-0.2, 0) is 0 Å². The highest BCUT2D eigenvalue weighted by Gasteiger charge is 2.14. The van der Waals surface area contributed by atoms with Crippen molar-refractivity contribution in [3.63, 3.8) is 0 Å². The number of rotatable bonds is 10. The van der Waals surface area contributed by atoms with Crippen molar-refractivity contribution in [1.29, 1.82) is 0 Å². The highest BCUT2D eigenvalue weighted by Crippen LogP contribution is 2.12. The number of hydrogen-bond acceptors (Lipinski definition) is 2. The minimum Gasteiger partial charge on any atom is -0.390 e. The molecule has 0 heterocycles. The highest BCUT2D eigenvalue weighted by molar-refractivity contribution is 4.67. The fraction of sp³-hybridized carbons (Fsp3) is 1.00. The summed E-state index contributed by atoms with van der Waals surface area (Å²) in [4.78, 5) is 0. The van der Waals surface area contributed by atoms with Crippen LogP contribution in [0.15, 0.2) is 0 Å². The van der Waals surface area contributed by atoms with Crippen molar-refractivity contribution in [2.24, 2.45) is 0 Å². The molecule has 0 radical (unpaired) electrons. The zero-order valence-corrected chi connectivity index (χ0v) is 10.4. The molecule has 0 amide bonds. The first-order valence-corrected chi connectivity index (χ1v) is 6.58. The molecule has 0 bridgehead atoms. The first-order valence-electron chi connectivity index (χ1n) is 6.58. The van der Waals surface area contributed by atoms with Gasteiger partial charge in [-0.15, -0.1) is 0 Å². The summed E-state index contributed by atoms with van der Waals surface area (Å²) in [5.41, 5.74) is 0. The third-order valence-electron chi connectivity index (χ3n) is 2.90. The Bertz CT molecular complexity index is 126. The Balaban J connectivity index is 3.38. The van der Waals surface area contributed by atoms with Gasteiger partial charge >= 0.3 is 0 Å². The third kappa shape index (κ3) is 8.88. The van der Waals surface area contributed by atoms with E-state index in [1.165, 1.54) is 25.7 Å². The van der Waals surface area contributed by atoms with Crippen LogP contribution in [0.5, 0.6) is 0 Å². The largest absolute Gasteiger partial charge is 0.390 e. The maximum Gasteiger partial charge on any atom is 0.0799 e. The van der Waals surface area contributed by atoms with Gasteiger partial charge in [-0.3, -0.25) is 0 Å². The molecular weight excluding hydrogens is 188 g/mol. The molecule has 2 heteroatoms. The Labute approximate surface area is 94.7 Å². The SMILES string of the molecule is CCCCCCC(O)C(O)CCCCC. The lowest BCUT2D eigenvalue weighted by atomic mass is 10.0. The molecule has 2 unspecified atom stereocenters. The van der Waals surface area contributed by atoms with Crippen LogP contribution in [0, 0.1) is 0 Å². The number of aliphatic hydroxyl groups excluding tert-OH is 2. The van der Waals surface area contributed by atoms with E-state index in [1.54, 1.807) is 0 Å². The summed E-state index contributed by atoms with van der Waals surface area (Å²) in [7, 11) is 0. The van der Waals surface area contributed by atoms with E-state index < -0.39 is 12.2 Å². The Morgan fingerprint density at radius 2 is 1.07 bits per heavy atom. The van der Waals surface area contributed by atoms with E-state index in [9.17, 15) is 10.2 Å². The van der Waals surface area contributed by atoms with Crippen LogP contribution < -0.4 is 0 Å². The quantitative estimate of drug-likeness (QED) is 0.550. The van der Waals surface area contributed by atoms with Crippen molar-refractivity contribution in [3.05, 3.63) is 0 Å². The summed E-state index contributed by atoms with van der Waals surface area (Å²) >= 11 is 0. The fourth-order valence-corrected chi connectivity index (χ4v) is 1.77. The second kappa shape index (κ2) is 10.4. The Morgan fingerprint density at radius 3 is 1.53 bits per heavy atom. The summed E-state index contributed by atoms with van der Waals surface area (Å²) in [5, 5.41) is 19.3. The van der Waals surface area contributed by atoms with Crippen LogP contribution in [0.25, 0.3) is 0 Å². The van der Waals surface area contributed by atoms with Gasteiger partial charge in [0.15, 0.2) is 0 Å². The van der Waals surface area contributed by atoms with E-state index in [4.69, 9.17) is 0 Å². The summed E-state index contributed by atoms with van der Waals surface area (Å²) in [6.45, 7) is 4.32.